The number of carbonyl (C=O) groups is 3. The van der Waals surface area contributed by atoms with Crippen molar-refractivity contribution in [3.05, 3.63) is 103 Å². The fourth-order valence-corrected chi connectivity index (χ4v) is 5.32. The number of amides is 2. The van der Waals surface area contributed by atoms with Crippen LogP contribution in [0.3, 0.4) is 0 Å². The van der Waals surface area contributed by atoms with Gasteiger partial charge in [0, 0.05) is 45.7 Å². The van der Waals surface area contributed by atoms with Crippen molar-refractivity contribution < 1.29 is 19.5 Å². The van der Waals surface area contributed by atoms with Crippen LogP contribution in [-0.2, 0) is 17.8 Å². The molecule has 0 bridgehead atoms. The first-order valence-electron chi connectivity index (χ1n) is 11.7. The molecule has 6 nitrogen and oxygen atoms in total. The molecule has 0 aliphatic carbocycles. The lowest BCUT2D eigenvalue weighted by Crippen LogP contribution is -2.32. The molecule has 4 aromatic rings. The molecule has 0 radical (unpaired) electrons. The maximum Gasteiger partial charge on any atom is 0.305 e. The second-order valence-electron chi connectivity index (χ2n) is 8.61. The first-order valence-corrected chi connectivity index (χ1v) is 13.7. The first kappa shape index (κ1) is 27.9. The Bertz CT molecular complexity index is 1490. The predicted molar refractivity (Wildman–Crippen MR) is 153 cm³/mol. The second-order valence-corrected chi connectivity index (χ2v) is 10.8. The van der Waals surface area contributed by atoms with Gasteiger partial charge in [-0.1, -0.05) is 53.0 Å². The molecule has 0 aliphatic rings. The number of aliphatic carboxylic acids is 1. The molecule has 38 heavy (non-hydrogen) atoms. The molecule has 0 atom stereocenters. The number of hydrogen-bond donors (Lipinski definition) is 2. The van der Waals surface area contributed by atoms with Crippen LogP contribution >= 0.6 is 46.1 Å². The molecule has 0 saturated carbocycles. The lowest BCUT2D eigenvalue weighted by Gasteiger charge is -2.23. The van der Waals surface area contributed by atoms with E-state index in [0.717, 1.165) is 21.2 Å². The van der Waals surface area contributed by atoms with E-state index in [4.69, 9.17) is 39.9 Å². The molecule has 0 unspecified atom stereocenters. The van der Waals surface area contributed by atoms with E-state index in [2.05, 4.69) is 5.32 Å². The number of carboxylic acid groups (broad SMARTS) is 1. The van der Waals surface area contributed by atoms with Gasteiger partial charge in [-0.25, -0.2) is 0 Å². The summed E-state index contributed by atoms with van der Waals surface area (Å²) < 4.78 is 0.973. The van der Waals surface area contributed by atoms with Crippen LogP contribution in [0.25, 0.3) is 10.1 Å². The summed E-state index contributed by atoms with van der Waals surface area (Å²) in [7, 11) is 0. The molecule has 1 heterocycles. The van der Waals surface area contributed by atoms with Crippen LogP contribution in [0.5, 0.6) is 0 Å². The van der Waals surface area contributed by atoms with Crippen LogP contribution in [0.4, 0.5) is 0 Å². The van der Waals surface area contributed by atoms with Crippen LogP contribution in [0.1, 0.15) is 38.3 Å². The summed E-state index contributed by atoms with van der Waals surface area (Å²) in [6, 6.07) is 17.8. The van der Waals surface area contributed by atoms with Crippen LogP contribution in [0.2, 0.25) is 15.1 Å². The van der Waals surface area contributed by atoms with Gasteiger partial charge in [0.1, 0.15) is 0 Å². The van der Waals surface area contributed by atoms with Crippen molar-refractivity contribution in [1.29, 1.82) is 0 Å². The molecule has 2 N–H and O–H groups in total. The SMILES string of the molecule is O=C(O)CCNC(=O)c1ccc(CN(CCc2ccc(Cl)c(Cl)c2)C(=O)c2csc3ccc(Cl)cc23)cc1. The van der Waals surface area contributed by atoms with E-state index >= 15 is 0 Å². The van der Waals surface area contributed by atoms with Crippen LogP contribution in [-0.4, -0.2) is 40.9 Å². The lowest BCUT2D eigenvalue weighted by molar-refractivity contribution is -0.136. The minimum Gasteiger partial charge on any atom is -0.481 e. The summed E-state index contributed by atoms with van der Waals surface area (Å²) in [6.07, 6.45) is 0.414. The van der Waals surface area contributed by atoms with Gasteiger partial charge < -0.3 is 15.3 Å². The maximum absolute atomic E-state index is 13.8. The average Bonchev–Trinajstić information content (AvgIpc) is 3.31. The van der Waals surface area contributed by atoms with Gasteiger partial charge >= 0.3 is 5.97 Å². The van der Waals surface area contributed by atoms with E-state index in [0.29, 0.717) is 45.7 Å². The quantitative estimate of drug-likeness (QED) is 0.210. The number of halogens is 3. The number of rotatable bonds is 10. The average molecular weight is 590 g/mol. The molecule has 1 aromatic heterocycles. The van der Waals surface area contributed by atoms with Crippen molar-refractivity contribution >= 4 is 74.0 Å². The molecular formula is C28H23Cl3N2O4S. The molecule has 0 saturated heterocycles. The van der Waals surface area contributed by atoms with Crippen molar-refractivity contribution in [2.45, 2.75) is 19.4 Å². The van der Waals surface area contributed by atoms with Gasteiger partial charge in [-0.05, 0) is 60.0 Å². The zero-order valence-electron chi connectivity index (χ0n) is 20.0. The molecule has 196 valence electrons. The largest absolute Gasteiger partial charge is 0.481 e. The molecule has 0 spiro atoms. The van der Waals surface area contributed by atoms with Gasteiger partial charge in [0.05, 0.1) is 22.0 Å². The van der Waals surface area contributed by atoms with E-state index in [1.54, 1.807) is 53.4 Å². The van der Waals surface area contributed by atoms with Gasteiger partial charge in [0.25, 0.3) is 11.8 Å². The van der Waals surface area contributed by atoms with Gasteiger partial charge in [-0.15, -0.1) is 11.3 Å². The molecular weight excluding hydrogens is 567 g/mol. The third kappa shape index (κ3) is 7.05. The number of nitrogens with one attached hydrogen (secondary N) is 1. The van der Waals surface area contributed by atoms with E-state index in [1.807, 2.05) is 17.5 Å². The normalized spacial score (nSPS) is 10.9. The number of nitrogens with zero attached hydrogens (tertiary/aromatic N) is 1. The fraction of sp³-hybridized carbons (Fsp3) is 0.179. The Labute approximate surface area is 238 Å². The Morgan fingerprint density at radius 3 is 2.34 bits per heavy atom. The standard InChI is InChI=1S/C28H23Cl3N2O4S/c29-20-6-8-25-21(14-20)22(16-38-25)28(37)33(12-10-17-3-7-23(30)24(31)13-17)15-18-1-4-19(5-2-18)27(36)32-11-9-26(34)35/h1-8,13-14,16H,9-12,15H2,(H,32,36)(H,34,35). The van der Waals surface area contributed by atoms with E-state index < -0.39 is 5.97 Å². The molecule has 2 amide bonds. The smallest absolute Gasteiger partial charge is 0.305 e. The fourth-order valence-electron chi connectivity index (χ4n) is 3.92. The highest BCUT2D eigenvalue weighted by Gasteiger charge is 2.20. The van der Waals surface area contributed by atoms with Gasteiger partial charge in [-0.3, -0.25) is 14.4 Å². The second kappa shape index (κ2) is 12.6. The Morgan fingerprint density at radius 2 is 1.63 bits per heavy atom. The van der Waals surface area contributed by atoms with E-state index in [9.17, 15) is 14.4 Å². The first-order chi connectivity index (χ1) is 18.2. The van der Waals surface area contributed by atoms with Crippen LogP contribution in [0, 0.1) is 0 Å². The van der Waals surface area contributed by atoms with Gasteiger partial charge in [0.2, 0.25) is 0 Å². The zero-order valence-corrected chi connectivity index (χ0v) is 23.1. The van der Waals surface area contributed by atoms with E-state index in [1.165, 1.54) is 11.3 Å². The number of thiophene rings is 1. The Kier molecular flexibility index (Phi) is 9.28. The summed E-state index contributed by atoms with van der Waals surface area (Å²) in [6.45, 7) is 0.788. The number of hydrogen-bond acceptors (Lipinski definition) is 4. The Balaban J connectivity index is 1.54. The van der Waals surface area contributed by atoms with Gasteiger partial charge in [0.15, 0.2) is 0 Å². The van der Waals surface area contributed by atoms with Crippen molar-refractivity contribution in [3.63, 3.8) is 0 Å². The monoisotopic (exact) mass is 588 g/mol. The highest BCUT2D eigenvalue weighted by atomic mass is 35.5. The van der Waals surface area contributed by atoms with Crippen molar-refractivity contribution in [3.8, 4) is 0 Å². The van der Waals surface area contributed by atoms with Crippen molar-refractivity contribution in [2.24, 2.45) is 0 Å². The lowest BCUT2D eigenvalue weighted by atomic mass is 10.1. The minimum absolute atomic E-state index is 0.0471. The zero-order chi connectivity index (χ0) is 27.2. The highest BCUT2D eigenvalue weighted by Crippen LogP contribution is 2.30. The third-order valence-corrected chi connectivity index (χ3v) is 7.86. The van der Waals surface area contributed by atoms with E-state index in [-0.39, 0.29) is 24.8 Å². The molecule has 0 fully saturated rings. The summed E-state index contributed by atoms with van der Waals surface area (Å²) in [5, 5.41) is 15.5. The molecule has 0 aliphatic heterocycles. The third-order valence-electron chi connectivity index (χ3n) is 5.92. The number of carboxylic acids is 1. The summed E-state index contributed by atoms with van der Waals surface area (Å²) in [5.74, 6) is -1.46. The molecule has 4 rings (SSSR count). The predicted octanol–water partition coefficient (Wildman–Crippen LogP) is 6.95. The highest BCUT2D eigenvalue weighted by molar-refractivity contribution is 7.17. The number of fused-ring (bicyclic) bond motifs is 1. The number of carbonyl (C=O) groups excluding carboxylic acids is 2. The van der Waals surface area contributed by atoms with Crippen LogP contribution < -0.4 is 5.32 Å². The van der Waals surface area contributed by atoms with Gasteiger partial charge in [-0.2, -0.15) is 0 Å². The molecule has 3 aromatic carbocycles. The number of benzene rings is 3. The maximum atomic E-state index is 13.8. The summed E-state index contributed by atoms with van der Waals surface area (Å²) in [4.78, 5) is 38.5. The van der Waals surface area contributed by atoms with Crippen molar-refractivity contribution in [1.82, 2.24) is 10.2 Å². The topological polar surface area (TPSA) is 86.7 Å². The summed E-state index contributed by atoms with van der Waals surface area (Å²) in [5.41, 5.74) is 2.78. The minimum atomic E-state index is -0.980. The summed E-state index contributed by atoms with van der Waals surface area (Å²) >= 11 is 19.9. The van der Waals surface area contributed by atoms with Crippen molar-refractivity contribution in [2.75, 3.05) is 13.1 Å². The van der Waals surface area contributed by atoms with Crippen LogP contribution in [0.15, 0.2) is 66.0 Å². The molecule has 10 heteroatoms. The Morgan fingerprint density at radius 1 is 0.895 bits per heavy atom. The Hall–Kier alpha value is -3.10.